The Labute approximate surface area is 163 Å². The monoisotopic (exact) mass is 381 g/mol. The highest BCUT2D eigenvalue weighted by molar-refractivity contribution is 7.99. The summed E-state index contributed by atoms with van der Waals surface area (Å²) in [7, 11) is 0. The molecule has 140 valence electrons. The molecule has 0 saturated carbocycles. The van der Waals surface area contributed by atoms with Crippen LogP contribution >= 0.6 is 11.8 Å². The summed E-state index contributed by atoms with van der Waals surface area (Å²) in [5.74, 6) is 2.03. The van der Waals surface area contributed by atoms with Crippen molar-refractivity contribution in [1.29, 1.82) is 0 Å². The fourth-order valence-corrected chi connectivity index (χ4v) is 3.63. The van der Waals surface area contributed by atoms with Gasteiger partial charge in [0.05, 0.1) is 5.75 Å². The average Bonchev–Trinajstić information content (AvgIpc) is 3.09. The van der Waals surface area contributed by atoms with Crippen LogP contribution in [-0.4, -0.2) is 26.3 Å². The molecule has 0 unspecified atom stereocenters. The van der Waals surface area contributed by atoms with Gasteiger partial charge in [0.25, 0.3) is 0 Å². The molecule has 1 aromatic heterocycles. The topological polar surface area (TPSA) is 57.0 Å². The molecule has 0 aliphatic carbocycles. The van der Waals surface area contributed by atoms with Gasteiger partial charge in [0.15, 0.2) is 16.8 Å². The molecule has 0 aliphatic rings. The first-order valence-corrected chi connectivity index (χ1v) is 9.90. The van der Waals surface area contributed by atoms with Gasteiger partial charge < -0.3 is 9.30 Å². The predicted octanol–water partition coefficient (Wildman–Crippen LogP) is 4.47. The molecule has 0 N–H and O–H groups in total. The van der Waals surface area contributed by atoms with Crippen molar-refractivity contribution in [2.24, 2.45) is 0 Å². The molecular weight excluding hydrogens is 358 g/mol. The van der Waals surface area contributed by atoms with Gasteiger partial charge in [-0.25, -0.2) is 0 Å². The largest absolute Gasteiger partial charge is 0.485 e. The smallest absolute Gasteiger partial charge is 0.191 e. The number of rotatable bonds is 8. The SMILES string of the molecule is CCn1c(COc2cccc(C)c2C)nnc1SCC(=O)c1ccccc1. The van der Waals surface area contributed by atoms with E-state index in [2.05, 4.69) is 23.2 Å². The molecular formula is C21H23N3O2S. The van der Waals surface area contributed by atoms with Crippen molar-refractivity contribution >= 4 is 17.5 Å². The predicted molar refractivity (Wildman–Crippen MR) is 107 cm³/mol. The lowest BCUT2D eigenvalue weighted by molar-refractivity contribution is 0.102. The van der Waals surface area contributed by atoms with Crippen LogP contribution in [0.4, 0.5) is 0 Å². The minimum absolute atomic E-state index is 0.0828. The lowest BCUT2D eigenvalue weighted by atomic mass is 10.1. The summed E-state index contributed by atoms with van der Waals surface area (Å²) in [6, 6.07) is 15.3. The van der Waals surface area contributed by atoms with Crippen LogP contribution in [0.1, 0.15) is 34.2 Å². The van der Waals surface area contributed by atoms with Crippen LogP contribution in [0.5, 0.6) is 5.75 Å². The summed E-state index contributed by atoms with van der Waals surface area (Å²) in [5.41, 5.74) is 3.04. The molecule has 0 aliphatic heterocycles. The zero-order valence-corrected chi connectivity index (χ0v) is 16.6. The van der Waals surface area contributed by atoms with Gasteiger partial charge in [-0.15, -0.1) is 10.2 Å². The number of aryl methyl sites for hydroxylation is 1. The maximum atomic E-state index is 12.3. The van der Waals surface area contributed by atoms with E-state index in [9.17, 15) is 4.79 Å². The van der Waals surface area contributed by atoms with Crippen LogP contribution in [0.15, 0.2) is 53.7 Å². The molecule has 0 spiro atoms. The van der Waals surface area contributed by atoms with Crippen molar-refractivity contribution in [3.8, 4) is 5.75 Å². The first-order valence-electron chi connectivity index (χ1n) is 8.92. The van der Waals surface area contributed by atoms with E-state index in [-0.39, 0.29) is 5.78 Å². The fourth-order valence-electron chi connectivity index (χ4n) is 2.71. The minimum Gasteiger partial charge on any atom is -0.485 e. The van der Waals surface area contributed by atoms with Gasteiger partial charge in [-0.2, -0.15) is 0 Å². The molecule has 5 nitrogen and oxygen atoms in total. The van der Waals surface area contributed by atoms with Gasteiger partial charge >= 0.3 is 0 Å². The number of carbonyl (C=O) groups excluding carboxylic acids is 1. The Hall–Kier alpha value is -2.60. The van der Waals surface area contributed by atoms with E-state index in [4.69, 9.17) is 4.74 Å². The Morgan fingerprint density at radius 3 is 2.59 bits per heavy atom. The highest BCUT2D eigenvalue weighted by Gasteiger charge is 2.15. The Balaban J connectivity index is 1.66. The van der Waals surface area contributed by atoms with Crippen molar-refractivity contribution in [3.63, 3.8) is 0 Å². The fraction of sp³-hybridized carbons (Fsp3) is 0.286. The third kappa shape index (κ3) is 4.57. The van der Waals surface area contributed by atoms with Gasteiger partial charge in [0.1, 0.15) is 12.4 Å². The van der Waals surface area contributed by atoms with E-state index in [1.807, 2.05) is 60.9 Å². The average molecular weight is 382 g/mol. The number of ether oxygens (including phenoxy) is 1. The number of hydrogen-bond acceptors (Lipinski definition) is 5. The Morgan fingerprint density at radius 1 is 1.07 bits per heavy atom. The van der Waals surface area contributed by atoms with Gasteiger partial charge in [0.2, 0.25) is 0 Å². The second kappa shape index (κ2) is 8.86. The Bertz CT molecular complexity index is 922. The molecule has 0 saturated heterocycles. The summed E-state index contributed by atoms with van der Waals surface area (Å²) >= 11 is 1.41. The van der Waals surface area contributed by atoms with Crippen LogP contribution in [0.25, 0.3) is 0 Å². The maximum Gasteiger partial charge on any atom is 0.191 e. The maximum absolute atomic E-state index is 12.3. The van der Waals surface area contributed by atoms with E-state index in [0.29, 0.717) is 17.9 Å². The number of hydrogen-bond donors (Lipinski definition) is 0. The Morgan fingerprint density at radius 2 is 1.85 bits per heavy atom. The number of benzene rings is 2. The number of aromatic nitrogens is 3. The summed E-state index contributed by atoms with van der Waals surface area (Å²) in [4.78, 5) is 12.3. The molecule has 27 heavy (non-hydrogen) atoms. The Kier molecular flexibility index (Phi) is 6.29. The number of thioether (sulfide) groups is 1. The third-order valence-electron chi connectivity index (χ3n) is 4.45. The quantitative estimate of drug-likeness (QED) is 0.426. The second-order valence-electron chi connectivity index (χ2n) is 6.21. The zero-order chi connectivity index (χ0) is 19.2. The van der Waals surface area contributed by atoms with Crippen molar-refractivity contribution in [2.75, 3.05) is 5.75 Å². The highest BCUT2D eigenvalue weighted by atomic mass is 32.2. The standard InChI is InChI=1S/C21H23N3O2S/c1-4-24-20(13-26-19-12-8-9-15(2)16(19)3)22-23-21(24)27-14-18(25)17-10-6-5-7-11-17/h5-12H,4,13-14H2,1-3H3. The third-order valence-corrected chi connectivity index (χ3v) is 5.42. The van der Waals surface area contributed by atoms with Crippen molar-refractivity contribution in [3.05, 3.63) is 71.0 Å². The molecule has 0 radical (unpaired) electrons. The van der Waals surface area contributed by atoms with Crippen molar-refractivity contribution in [2.45, 2.75) is 39.1 Å². The molecule has 0 bridgehead atoms. The normalized spacial score (nSPS) is 10.8. The first-order chi connectivity index (χ1) is 13.1. The van der Waals surface area contributed by atoms with Crippen LogP contribution in [0.2, 0.25) is 0 Å². The summed E-state index contributed by atoms with van der Waals surface area (Å²) in [6.45, 7) is 7.22. The molecule has 3 rings (SSSR count). The number of ketones is 1. The van der Waals surface area contributed by atoms with Gasteiger partial charge in [-0.05, 0) is 38.0 Å². The lowest BCUT2D eigenvalue weighted by Gasteiger charge is -2.11. The molecule has 3 aromatic rings. The molecule has 1 heterocycles. The van der Waals surface area contributed by atoms with Crippen molar-refractivity contribution in [1.82, 2.24) is 14.8 Å². The minimum atomic E-state index is 0.0828. The molecule has 6 heteroatoms. The van der Waals surface area contributed by atoms with E-state index in [1.54, 1.807) is 0 Å². The van der Waals surface area contributed by atoms with E-state index >= 15 is 0 Å². The second-order valence-corrected chi connectivity index (χ2v) is 7.15. The summed E-state index contributed by atoms with van der Waals surface area (Å²) in [6.07, 6.45) is 0. The number of nitrogens with zero attached hydrogens (tertiary/aromatic N) is 3. The van der Waals surface area contributed by atoms with E-state index in [0.717, 1.165) is 28.8 Å². The summed E-state index contributed by atoms with van der Waals surface area (Å²) in [5, 5.41) is 9.25. The van der Waals surface area contributed by atoms with E-state index < -0.39 is 0 Å². The van der Waals surface area contributed by atoms with Gasteiger partial charge in [-0.3, -0.25) is 4.79 Å². The molecule has 2 aromatic carbocycles. The van der Waals surface area contributed by atoms with Gasteiger partial charge in [-0.1, -0.05) is 54.2 Å². The highest BCUT2D eigenvalue weighted by Crippen LogP contribution is 2.23. The van der Waals surface area contributed by atoms with Crippen LogP contribution < -0.4 is 4.74 Å². The van der Waals surface area contributed by atoms with Crippen molar-refractivity contribution < 1.29 is 9.53 Å². The van der Waals surface area contributed by atoms with Crippen LogP contribution in [0.3, 0.4) is 0 Å². The zero-order valence-electron chi connectivity index (χ0n) is 15.8. The van der Waals surface area contributed by atoms with Crippen LogP contribution in [-0.2, 0) is 13.2 Å². The van der Waals surface area contributed by atoms with Gasteiger partial charge in [0, 0.05) is 12.1 Å². The molecule has 0 fully saturated rings. The lowest BCUT2D eigenvalue weighted by Crippen LogP contribution is -2.09. The molecule has 0 amide bonds. The number of carbonyl (C=O) groups is 1. The van der Waals surface area contributed by atoms with E-state index in [1.165, 1.54) is 17.3 Å². The number of Topliss-reactive ketones (excluding diaryl/α,β-unsaturated/α-hetero) is 1. The summed E-state index contributed by atoms with van der Waals surface area (Å²) < 4.78 is 7.95. The first kappa shape index (κ1) is 19.2. The molecule has 0 atom stereocenters. The van der Waals surface area contributed by atoms with Crippen LogP contribution in [0, 0.1) is 13.8 Å².